The Morgan fingerprint density at radius 2 is 2.00 bits per heavy atom. The van der Waals surface area contributed by atoms with E-state index in [0.717, 1.165) is 18.4 Å². The topological polar surface area (TPSA) is 129 Å². The molecular formula is C12H14N4O6S. The molecule has 0 aliphatic rings. The van der Waals surface area contributed by atoms with Gasteiger partial charge in [0, 0.05) is 7.05 Å². The maximum absolute atomic E-state index is 12.5. The molecule has 0 aromatic carbocycles. The zero-order valence-electron chi connectivity index (χ0n) is 12.8. The number of anilines is 1. The third-order valence-corrected chi connectivity index (χ3v) is 4.18. The molecule has 2 rings (SSSR count). The Morgan fingerprint density at radius 3 is 2.39 bits per heavy atom. The summed E-state index contributed by atoms with van der Waals surface area (Å²) in [6.45, 7) is 3.16. The van der Waals surface area contributed by atoms with Gasteiger partial charge in [-0.2, -0.15) is 9.40 Å². The van der Waals surface area contributed by atoms with Crippen molar-refractivity contribution < 1.29 is 22.6 Å². The molecule has 0 radical (unpaired) electrons. The van der Waals surface area contributed by atoms with E-state index in [1.165, 1.54) is 4.68 Å². The number of aryl methyl sites for hydroxylation is 2. The molecule has 0 aliphatic carbocycles. The van der Waals surface area contributed by atoms with E-state index >= 15 is 0 Å². The summed E-state index contributed by atoms with van der Waals surface area (Å²) >= 11 is 0. The Labute approximate surface area is 131 Å². The minimum Gasteiger partial charge on any atom is -0.395 e. The summed E-state index contributed by atoms with van der Waals surface area (Å²) in [6.07, 6.45) is 0.855. The standard InChI is InChI=1S/C12H14N4O6S/c1-7-11(8(2)14(3)13-7)15(23(4,20)21)12(17)9-5-6-10(22-9)16(18)19/h5-6H,1-4H3. The van der Waals surface area contributed by atoms with Gasteiger partial charge in [0.05, 0.1) is 23.7 Å². The molecule has 1 amide bonds. The highest BCUT2D eigenvalue weighted by Crippen LogP contribution is 2.29. The quantitative estimate of drug-likeness (QED) is 0.602. The molecule has 2 aromatic heterocycles. The molecule has 0 N–H and O–H groups in total. The Kier molecular flexibility index (Phi) is 3.99. The zero-order chi connectivity index (χ0) is 17.5. The highest BCUT2D eigenvalue weighted by molar-refractivity contribution is 7.92. The number of furan rings is 1. The largest absolute Gasteiger partial charge is 0.433 e. The van der Waals surface area contributed by atoms with Crippen LogP contribution in [0.5, 0.6) is 0 Å². The zero-order valence-corrected chi connectivity index (χ0v) is 13.6. The monoisotopic (exact) mass is 342 g/mol. The second kappa shape index (κ2) is 5.50. The fourth-order valence-corrected chi connectivity index (χ4v) is 3.10. The van der Waals surface area contributed by atoms with Crippen molar-refractivity contribution >= 4 is 27.5 Å². The van der Waals surface area contributed by atoms with E-state index in [2.05, 4.69) is 5.10 Å². The Hall–Kier alpha value is -2.69. The third kappa shape index (κ3) is 2.95. The Bertz CT molecular complexity index is 895. The normalized spacial score (nSPS) is 11.5. The maximum Gasteiger partial charge on any atom is 0.433 e. The first kappa shape index (κ1) is 16.7. The van der Waals surface area contributed by atoms with Crippen molar-refractivity contribution in [2.24, 2.45) is 7.05 Å². The van der Waals surface area contributed by atoms with Gasteiger partial charge in [0.15, 0.2) is 0 Å². The molecule has 124 valence electrons. The van der Waals surface area contributed by atoms with Gasteiger partial charge in [0.25, 0.3) is 0 Å². The molecule has 2 aromatic rings. The summed E-state index contributed by atoms with van der Waals surface area (Å²) in [5.41, 5.74) is 0.867. The van der Waals surface area contributed by atoms with Gasteiger partial charge >= 0.3 is 11.8 Å². The Morgan fingerprint density at radius 1 is 1.39 bits per heavy atom. The summed E-state index contributed by atoms with van der Waals surface area (Å²) in [4.78, 5) is 22.4. The van der Waals surface area contributed by atoms with Crippen LogP contribution in [-0.4, -0.2) is 35.3 Å². The number of nitro groups is 1. The molecule has 0 unspecified atom stereocenters. The summed E-state index contributed by atoms with van der Waals surface area (Å²) in [6, 6.07) is 2.04. The van der Waals surface area contributed by atoms with Crippen molar-refractivity contribution in [3.63, 3.8) is 0 Å². The first-order chi connectivity index (χ1) is 10.5. The van der Waals surface area contributed by atoms with Gasteiger partial charge in [-0.1, -0.05) is 0 Å². The van der Waals surface area contributed by atoms with E-state index in [1.54, 1.807) is 20.9 Å². The number of amides is 1. The van der Waals surface area contributed by atoms with Gasteiger partial charge in [0.1, 0.15) is 10.6 Å². The molecule has 2 heterocycles. The maximum atomic E-state index is 12.5. The van der Waals surface area contributed by atoms with Crippen molar-refractivity contribution in [1.29, 1.82) is 0 Å². The van der Waals surface area contributed by atoms with Crippen LogP contribution in [0.4, 0.5) is 11.6 Å². The lowest BCUT2D eigenvalue weighted by molar-refractivity contribution is -0.402. The van der Waals surface area contributed by atoms with Gasteiger partial charge in [-0.3, -0.25) is 19.6 Å². The van der Waals surface area contributed by atoms with Crippen LogP contribution >= 0.6 is 0 Å². The SMILES string of the molecule is Cc1nn(C)c(C)c1N(C(=O)c1ccc([N+](=O)[O-])o1)S(C)(=O)=O. The fraction of sp³-hybridized carbons (Fsp3) is 0.333. The van der Waals surface area contributed by atoms with Crippen LogP contribution in [0.15, 0.2) is 16.5 Å². The van der Waals surface area contributed by atoms with Gasteiger partial charge < -0.3 is 4.42 Å². The molecule has 0 spiro atoms. The smallest absolute Gasteiger partial charge is 0.395 e. The van der Waals surface area contributed by atoms with E-state index in [1.807, 2.05) is 0 Å². The van der Waals surface area contributed by atoms with Crippen molar-refractivity contribution in [3.05, 3.63) is 39.4 Å². The number of aromatic nitrogens is 2. The van der Waals surface area contributed by atoms with Crippen LogP contribution in [0.1, 0.15) is 21.9 Å². The van der Waals surface area contributed by atoms with Gasteiger partial charge in [-0.15, -0.1) is 0 Å². The van der Waals surface area contributed by atoms with Crippen LogP contribution < -0.4 is 4.31 Å². The van der Waals surface area contributed by atoms with Crippen molar-refractivity contribution in [2.45, 2.75) is 13.8 Å². The highest BCUT2D eigenvalue weighted by Gasteiger charge is 2.34. The van der Waals surface area contributed by atoms with E-state index in [-0.39, 0.29) is 5.69 Å². The number of carbonyl (C=O) groups is 1. The molecule has 11 heteroatoms. The summed E-state index contributed by atoms with van der Waals surface area (Å²) in [5, 5.41) is 14.7. The second-order valence-electron chi connectivity index (χ2n) is 4.87. The van der Waals surface area contributed by atoms with Crippen LogP contribution in [0.2, 0.25) is 0 Å². The van der Waals surface area contributed by atoms with Crippen LogP contribution in [0.3, 0.4) is 0 Å². The molecule has 23 heavy (non-hydrogen) atoms. The molecule has 0 saturated carbocycles. The van der Waals surface area contributed by atoms with Crippen molar-refractivity contribution in [3.8, 4) is 0 Å². The molecule has 0 fully saturated rings. The molecule has 0 aliphatic heterocycles. The third-order valence-electron chi connectivity index (χ3n) is 3.17. The number of hydrogen-bond donors (Lipinski definition) is 0. The van der Waals surface area contributed by atoms with Crippen LogP contribution in [0.25, 0.3) is 0 Å². The minimum absolute atomic E-state index is 0.0963. The van der Waals surface area contributed by atoms with Crippen molar-refractivity contribution in [1.82, 2.24) is 9.78 Å². The first-order valence-electron chi connectivity index (χ1n) is 6.33. The summed E-state index contributed by atoms with van der Waals surface area (Å²) in [7, 11) is -2.40. The Balaban J connectivity index is 2.60. The lowest BCUT2D eigenvalue weighted by Crippen LogP contribution is -2.36. The lowest BCUT2D eigenvalue weighted by atomic mass is 10.3. The average molecular weight is 342 g/mol. The predicted molar refractivity (Wildman–Crippen MR) is 79.7 cm³/mol. The molecule has 0 bridgehead atoms. The fourth-order valence-electron chi connectivity index (χ4n) is 2.12. The number of nitrogens with zero attached hydrogens (tertiary/aromatic N) is 4. The average Bonchev–Trinajstić information content (AvgIpc) is 2.98. The molecule has 0 atom stereocenters. The van der Waals surface area contributed by atoms with E-state index in [0.29, 0.717) is 15.7 Å². The van der Waals surface area contributed by atoms with E-state index in [9.17, 15) is 23.3 Å². The minimum atomic E-state index is -4.01. The van der Waals surface area contributed by atoms with Crippen LogP contribution in [-0.2, 0) is 17.1 Å². The summed E-state index contributed by atoms with van der Waals surface area (Å²) < 4.78 is 31.0. The highest BCUT2D eigenvalue weighted by atomic mass is 32.2. The molecule has 0 saturated heterocycles. The molecular weight excluding hydrogens is 328 g/mol. The van der Waals surface area contributed by atoms with E-state index in [4.69, 9.17) is 4.42 Å². The summed E-state index contributed by atoms with van der Waals surface area (Å²) in [5.74, 6) is -2.13. The van der Waals surface area contributed by atoms with E-state index < -0.39 is 32.5 Å². The predicted octanol–water partition coefficient (Wildman–Crippen LogP) is 1.14. The number of carbonyl (C=O) groups excluding carboxylic acids is 1. The van der Waals surface area contributed by atoms with Gasteiger partial charge in [-0.05, 0) is 19.9 Å². The van der Waals surface area contributed by atoms with Crippen LogP contribution in [0, 0.1) is 24.0 Å². The van der Waals surface area contributed by atoms with Gasteiger partial charge in [0.2, 0.25) is 15.8 Å². The number of sulfonamides is 1. The lowest BCUT2D eigenvalue weighted by Gasteiger charge is -2.19. The first-order valence-corrected chi connectivity index (χ1v) is 8.18. The van der Waals surface area contributed by atoms with Gasteiger partial charge in [-0.25, -0.2) is 8.42 Å². The second-order valence-corrected chi connectivity index (χ2v) is 6.70. The number of hydrogen-bond acceptors (Lipinski definition) is 7. The molecule has 10 nitrogen and oxygen atoms in total. The number of rotatable bonds is 4. The van der Waals surface area contributed by atoms with Crippen molar-refractivity contribution in [2.75, 3.05) is 10.6 Å².